The topological polar surface area (TPSA) is 71.2 Å². The number of hydrogen-bond acceptors (Lipinski definition) is 6. The summed E-state index contributed by atoms with van der Waals surface area (Å²) in [5.41, 5.74) is 5.89. The standard InChI is InChI=1S/C17H30N6/c18-17-20-15(7-13-22-9-3-1-4-10-22)19-16(21-17)8-14-23-11-5-2-6-12-23/h1-14H2,(H2,18,19,20,21). The van der Waals surface area contributed by atoms with E-state index in [0.29, 0.717) is 5.95 Å². The summed E-state index contributed by atoms with van der Waals surface area (Å²) in [5, 5.41) is 0. The number of hydrogen-bond donors (Lipinski definition) is 1. The minimum atomic E-state index is 0.377. The van der Waals surface area contributed by atoms with Crippen molar-refractivity contribution >= 4 is 5.95 Å². The maximum absolute atomic E-state index is 5.89. The van der Waals surface area contributed by atoms with Gasteiger partial charge in [-0.15, -0.1) is 0 Å². The van der Waals surface area contributed by atoms with Gasteiger partial charge in [0.25, 0.3) is 0 Å². The van der Waals surface area contributed by atoms with E-state index < -0.39 is 0 Å². The molecule has 0 radical (unpaired) electrons. The van der Waals surface area contributed by atoms with Gasteiger partial charge in [-0.2, -0.15) is 9.97 Å². The Morgan fingerprint density at radius 1 is 0.652 bits per heavy atom. The van der Waals surface area contributed by atoms with E-state index in [1.165, 1.54) is 64.7 Å². The third-order valence-electron chi connectivity index (χ3n) is 4.95. The fraction of sp³-hybridized carbons (Fsp3) is 0.824. The van der Waals surface area contributed by atoms with Crippen LogP contribution >= 0.6 is 0 Å². The van der Waals surface area contributed by atoms with Crippen LogP contribution in [0, 0.1) is 0 Å². The van der Waals surface area contributed by atoms with Crippen molar-refractivity contribution in [3.63, 3.8) is 0 Å². The van der Waals surface area contributed by atoms with E-state index in [2.05, 4.69) is 24.8 Å². The highest BCUT2D eigenvalue weighted by molar-refractivity contribution is 5.16. The molecule has 0 atom stereocenters. The van der Waals surface area contributed by atoms with Crippen molar-refractivity contribution in [3.05, 3.63) is 11.6 Å². The second-order valence-corrected chi connectivity index (χ2v) is 6.83. The van der Waals surface area contributed by atoms with Gasteiger partial charge < -0.3 is 15.5 Å². The monoisotopic (exact) mass is 318 g/mol. The van der Waals surface area contributed by atoms with Crippen LogP contribution in [-0.2, 0) is 12.8 Å². The molecule has 0 spiro atoms. The van der Waals surface area contributed by atoms with Crippen molar-refractivity contribution in [2.24, 2.45) is 0 Å². The molecule has 2 fully saturated rings. The highest BCUT2D eigenvalue weighted by Gasteiger charge is 2.13. The number of aromatic nitrogens is 3. The van der Waals surface area contributed by atoms with Crippen molar-refractivity contribution in [3.8, 4) is 0 Å². The average Bonchev–Trinajstić information content (AvgIpc) is 2.60. The van der Waals surface area contributed by atoms with Crippen molar-refractivity contribution in [2.75, 3.05) is 45.0 Å². The van der Waals surface area contributed by atoms with E-state index in [4.69, 9.17) is 5.73 Å². The zero-order valence-electron chi connectivity index (χ0n) is 14.2. The molecule has 0 aromatic carbocycles. The lowest BCUT2D eigenvalue weighted by Crippen LogP contribution is -2.32. The molecule has 128 valence electrons. The van der Waals surface area contributed by atoms with Crippen LogP contribution in [-0.4, -0.2) is 64.0 Å². The lowest BCUT2D eigenvalue weighted by molar-refractivity contribution is 0.228. The number of anilines is 1. The molecule has 2 saturated heterocycles. The molecule has 2 aliphatic heterocycles. The van der Waals surface area contributed by atoms with E-state index >= 15 is 0 Å². The molecule has 1 aromatic rings. The summed E-state index contributed by atoms with van der Waals surface area (Å²) in [5.74, 6) is 2.09. The molecule has 3 heterocycles. The average molecular weight is 318 g/mol. The fourth-order valence-corrected chi connectivity index (χ4v) is 3.59. The molecule has 23 heavy (non-hydrogen) atoms. The summed E-state index contributed by atoms with van der Waals surface area (Å²) < 4.78 is 0. The molecule has 0 amide bonds. The maximum Gasteiger partial charge on any atom is 0.223 e. The second-order valence-electron chi connectivity index (χ2n) is 6.83. The van der Waals surface area contributed by atoms with Crippen LogP contribution in [0.2, 0.25) is 0 Å². The second kappa shape index (κ2) is 8.55. The Bertz CT molecular complexity index is 440. The van der Waals surface area contributed by atoms with Gasteiger partial charge in [-0.1, -0.05) is 12.8 Å². The lowest BCUT2D eigenvalue weighted by atomic mass is 10.1. The fourth-order valence-electron chi connectivity index (χ4n) is 3.59. The van der Waals surface area contributed by atoms with Crippen LogP contribution < -0.4 is 5.73 Å². The lowest BCUT2D eigenvalue weighted by Gasteiger charge is -2.26. The number of likely N-dealkylation sites (tertiary alicyclic amines) is 2. The van der Waals surface area contributed by atoms with Crippen LogP contribution in [0.1, 0.15) is 50.2 Å². The summed E-state index contributed by atoms with van der Waals surface area (Å²) in [6.45, 7) is 6.92. The molecule has 0 aliphatic carbocycles. The molecule has 0 bridgehead atoms. The Morgan fingerprint density at radius 2 is 1.09 bits per heavy atom. The van der Waals surface area contributed by atoms with Crippen molar-refractivity contribution in [1.82, 2.24) is 24.8 Å². The van der Waals surface area contributed by atoms with Crippen LogP contribution in [0.5, 0.6) is 0 Å². The van der Waals surface area contributed by atoms with Gasteiger partial charge in [-0.3, -0.25) is 0 Å². The summed E-state index contributed by atoms with van der Waals surface area (Å²) in [6, 6.07) is 0. The molecular formula is C17H30N6. The zero-order chi connectivity index (χ0) is 15.9. The van der Waals surface area contributed by atoms with Crippen LogP contribution in [0.15, 0.2) is 0 Å². The van der Waals surface area contributed by atoms with Crippen LogP contribution in [0.25, 0.3) is 0 Å². The summed E-state index contributed by atoms with van der Waals surface area (Å²) in [6.07, 6.45) is 9.78. The molecule has 0 saturated carbocycles. The Kier molecular flexibility index (Phi) is 6.16. The SMILES string of the molecule is Nc1nc(CCN2CCCCC2)nc(CCN2CCCCC2)n1. The van der Waals surface area contributed by atoms with Gasteiger partial charge in [-0.25, -0.2) is 4.98 Å². The molecule has 2 aliphatic rings. The molecule has 1 aromatic heterocycles. The van der Waals surface area contributed by atoms with Crippen LogP contribution in [0.4, 0.5) is 5.95 Å². The molecule has 6 heteroatoms. The zero-order valence-corrected chi connectivity index (χ0v) is 14.2. The van der Waals surface area contributed by atoms with Gasteiger partial charge >= 0.3 is 0 Å². The molecule has 0 unspecified atom stereocenters. The Balaban J connectivity index is 1.50. The summed E-state index contributed by atoms with van der Waals surface area (Å²) in [4.78, 5) is 18.3. The van der Waals surface area contributed by atoms with Crippen molar-refractivity contribution in [2.45, 2.75) is 51.4 Å². The number of piperidine rings is 2. The minimum Gasteiger partial charge on any atom is -0.368 e. The van der Waals surface area contributed by atoms with Gasteiger partial charge in [0.1, 0.15) is 11.6 Å². The third kappa shape index (κ3) is 5.39. The molecular weight excluding hydrogens is 288 g/mol. The minimum absolute atomic E-state index is 0.377. The molecule has 3 rings (SSSR count). The van der Waals surface area contributed by atoms with Crippen molar-refractivity contribution < 1.29 is 0 Å². The van der Waals surface area contributed by atoms with E-state index in [1.54, 1.807) is 0 Å². The first-order valence-corrected chi connectivity index (χ1v) is 9.23. The Hall–Kier alpha value is -1.27. The number of nitrogens with zero attached hydrogens (tertiary/aromatic N) is 5. The van der Waals surface area contributed by atoms with Crippen LogP contribution in [0.3, 0.4) is 0 Å². The van der Waals surface area contributed by atoms with Gasteiger partial charge in [0.05, 0.1) is 0 Å². The van der Waals surface area contributed by atoms with Gasteiger partial charge in [0.2, 0.25) is 5.95 Å². The largest absolute Gasteiger partial charge is 0.368 e. The van der Waals surface area contributed by atoms with E-state index in [0.717, 1.165) is 37.6 Å². The molecule has 2 N–H and O–H groups in total. The predicted molar refractivity (Wildman–Crippen MR) is 92.2 cm³/mol. The Morgan fingerprint density at radius 3 is 1.52 bits per heavy atom. The highest BCUT2D eigenvalue weighted by atomic mass is 15.1. The summed E-state index contributed by atoms with van der Waals surface area (Å²) >= 11 is 0. The van der Waals surface area contributed by atoms with Gasteiger partial charge in [0.15, 0.2) is 0 Å². The maximum atomic E-state index is 5.89. The first-order chi connectivity index (χ1) is 11.3. The van der Waals surface area contributed by atoms with E-state index in [1.807, 2.05) is 0 Å². The van der Waals surface area contributed by atoms with Crippen molar-refractivity contribution in [1.29, 1.82) is 0 Å². The first kappa shape index (κ1) is 16.6. The summed E-state index contributed by atoms with van der Waals surface area (Å²) in [7, 11) is 0. The number of nitrogen functional groups attached to an aromatic ring is 1. The third-order valence-corrected chi connectivity index (χ3v) is 4.95. The van der Waals surface area contributed by atoms with Gasteiger partial charge in [0, 0.05) is 25.9 Å². The van der Waals surface area contributed by atoms with E-state index in [9.17, 15) is 0 Å². The normalized spacial score (nSPS) is 20.7. The highest BCUT2D eigenvalue weighted by Crippen LogP contribution is 2.11. The van der Waals surface area contributed by atoms with E-state index in [-0.39, 0.29) is 0 Å². The van der Waals surface area contributed by atoms with Gasteiger partial charge in [-0.05, 0) is 51.9 Å². The smallest absolute Gasteiger partial charge is 0.223 e. The quantitative estimate of drug-likeness (QED) is 0.857. The predicted octanol–water partition coefficient (Wildman–Crippen LogP) is 1.51. The number of nitrogens with two attached hydrogens (primary N) is 1. The first-order valence-electron chi connectivity index (χ1n) is 9.23. The molecule has 6 nitrogen and oxygen atoms in total. The Labute approximate surface area is 139 Å². The number of rotatable bonds is 6.